The number of fused-ring (bicyclic) bond motifs is 1. The molecule has 10 nitrogen and oxygen atoms in total. The first-order valence-corrected chi connectivity index (χ1v) is 12.0. The second kappa shape index (κ2) is 13.2. The molecule has 2 aromatic heterocycles. The average Bonchev–Trinajstić information content (AvgIpc) is 2.84. The minimum atomic E-state index is -0.932. The molecule has 34 heavy (non-hydrogen) atoms. The predicted octanol–water partition coefficient (Wildman–Crippen LogP) is 1.69. The maximum absolute atomic E-state index is 11.8. The molecule has 3 rings (SSSR count). The van der Waals surface area contributed by atoms with Crippen LogP contribution in [-0.2, 0) is 17.6 Å². The van der Waals surface area contributed by atoms with Gasteiger partial charge in [0.15, 0.2) is 0 Å². The van der Waals surface area contributed by atoms with E-state index in [4.69, 9.17) is 4.98 Å². The van der Waals surface area contributed by atoms with E-state index in [1.54, 1.807) is 17.2 Å². The number of hydrogen-bond donors (Lipinski definition) is 4. The number of carboxylic acid groups (broad SMARTS) is 1. The van der Waals surface area contributed by atoms with Crippen molar-refractivity contribution in [3.63, 3.8) is 0 Å². The Labute approximate surface area is 201 Å². The van der Waals surface area contributed by atoms with E-state index >= 15 is 0 Å². The average molecular weight is 472 g/mol. The number of aromatic nitrogens is 3. The van der Waals surface area contributed by atoms with Crippen molar-refractivity contribution in [3.8, 4) is 0 Å². The maximum Gasteiger partial charge on any atom is 0.326 e. The Morgan fingerprint density at radius 2 is 2.09 bits per heavy atom. The molecule has 0 amide bonds. The standard InChI is InChI=1S/C24H37N7O3/c1-30(2)22(32)16-31(15-11-20(24(33)34)29-21-10-13-25-17-27-21)14-4-3-7-19-9-8-18-6-5-12-26-23(18)28-19/h8-10,13,17,20,22,32H,3-7,11-12,14-16H2,1-2H3,(H,26,28)(H,33,34)(H,25,27,29)/t20-,22-/m0/s1. The fourth-order valence-corrected chi connectivity index (χ4v) is 3.96. The monoisotopic (exact) mass is 471 g/mol. The number of pyridine rings is 1. The quantitative estimate of drug-likeness (QED) is 0.239. The lowest BCUT2D eigenvalue weighted by Crippen LogP contribution is -2.43. The number of carbonyl (C=O) groups is 1. The minimum absolute atomic E-state index is 0.386. The van der Waals surface area contributed by atoms with Crippen molar-refractivity contribution < 1.29 is 15.0 Å². The summed E-state index contributed by atoms with van der Waals surface area (Å²) in [7, 11) is 3.66. The van der Waals surface area contributed by atoms with Crippen LogP contribution < -0.4 is 10.6 Å². The molecule has 0 aliphatic carbocycles. The number of likely N-dealkylation sites (N-methyl/N-ethyl adjacent to an activating group) is 1. The van der Waals surface area contributed by atoms with Crippen LogP contribution in [0.15, 0.2) is 30.7 Å². The topological polar surface area (TPSA) is 127 Å². The van der Waals surface area contributed by atoms with Crippen molar-refractivity contribution in [1.82, 2.24) is 24.8 Å². The zero-order valence-electron chi connectivity index (χ0n) is 20.2. The molecule has 2 atom stereocenters. The van der Waals surface area contributed by atoms with Crippen molar-refractivity contribution in [3.05, 3.63) is 42.0 Å². The number of carboxylic acids is 1. The summed E-state index contributed by atoms with van der Waals surface area (Å²) in [5.74, 6) is 0.573. The number of rotatable bonds is 14. The second-order valence-electron chi connectivity index (χ2n) is 8.96. The largest absolute Gasteiger partial charge is 0.480 e. The van der Waals surface area contributed by atoms with Gasteiger partial charge in [0.1, 0.15) is 30.2 Å². The highest BCUT2D eigenvalue weighted by molar-refractivity contribution is 5.76. The summed E-state index contributed by atoms with van der Waals surface area (Å²) >= 11 is 0. The van der Waals surface area contributed by atoms with Crippen LogP contribution in [0.4, 0.5) is 11.6 Å². The minimum Gasteiger partial charge on any atom is -0.480 e. The Morgan fingerprint density at radius 1 is 1.24 bits per heavy atom. The number of anilines is 2. The SMILES string of the molecule is CN(C)[C@@H](O)CN(CCCCc1ccc2c(n1)NCCC2)CC[C@H](Nc1ccncn1)C(=O)O. The highest BCUT2D eigenvalue weighted by Crippen LogP contribution is 2.20. The summed E-state index contributed by atoms with van der Waals surface area (Å²) in [5.41, 5.74) is 2.38. The molecule has 1 aliphatic rings. The first-order valence-electron chi connectivity index (χ1n) is 12.0. The van der Waals surface area contributed by atoms with Crippen LogP contribution in [0.25, 0.3) is 0 Å². The first kappa shape index (κ1) is 25.8. The van der Waals surface area contributed by atoms with E-state index in [0.717, 1.165) is 56.7 Å². The lowest BCUT2D eigenvalue weighted by atomic mass is 10.1. The van der Waals surface area contributed by atoms with E-state index in [2.05, 4.69) is 37.6 Å². The Morgan fingerprint density at radius 3 is 2.82 bits per heavy atom. The molecule has 0 radical (unpaired) electrons. The summed E-state index contributed by atoms with van der Waals surface area (Å²) in [5, 5.41) is 26.4. The van der Waals surface area contributed by atoms with E-state index in [0.29, 0.717) is 25.3 Å². The summed E-state index contributed by atoms with van der Waals surface area (Å²) in [6, 6.07) is 5.17. The first-order chi connectivity index (χ1) is 16.4. The summed E-state index contributed by atoms with van der Waals surface area (Å²) in [4.78, 5) is 28.3. The Kier molecular flexibility index (Phi) is 9.99. The van der Waals surface area contributed by atoms with E-state index in [9.17, 15) is 15.0 Å². The molecular weight excluding hydrogens is 434 g/mol. The van der Waals surface area contributed by atoms with Gasteiger partial charge in [-0.1, -0.05) is 6.07 Å². The second-order valence-corrected chi connectivity index (χ2v) is 8.96. The Bertz CT molecular complexity index is 897. The molecule has 0 unspecified atom stereocenters. The zero-order valence-corrected chi connectivity index (χ0v) is 20.2. The Hall–Kier alpha value is -2.82. The smallest absolute Gasteiger partial charge is 0.326 e. The summed E-state index contributed by atoms with van der Waals surface area (Å²) < 4.78 is 0. The molecule has 0 saturated heterocycles. The number of unbranched alkanes of at least 4 members (excludes halogenated alkanes) is 1. The number of nitrogens with one attached hydrogen (secondary N) is 2. The molecule has 4 N–H and O–H groups in total. The zero-order chi connectivity index (χ0) is 24.3. The van der Waals surface area contributed by atoms with Crippen LogP contribution in [0, 0.1) is 0 Å². The van der Waals surface area contributed by atoms with Crippen molar-refractivity contribution >= 4 is 17.6 Å². The van der Waals surface area contributed by atoms with Crippen molar-refractivity contribution in [2.45, 2.75) is 50.8 Å². The number of aliphatic hydroxyl groups is 1. The van der Waals surface area contributed by atoms with Crippen LogP contribution >= 0.6 is 0 Å². The molecule has 186 valence electrons. The van der Waals surface area contributed by atoms with Gasteiger partial charge in [0.2, 0.25) is 0 Å². The Balaban J connectivity index is 1.51. The molecular formula is C24H37N7O3. The normalized spacial score (nSPS) is 15.0. The molecule has 0 fully saturated rings. The van der Waals surface area contributed by atoms with Crippen LogP contribution in [0.5, 0.6) is 0 Å². The molecule has 10 heteroatoms. The molecule has 0 aromatic carbocycles. The molecule has 0 spiro atoms. The van der Waals surface area contributed by atoms with Gasteiger partial charge in [-0.2, -0.15) is 0 Å². The van der Waals surface area contributed by atoms with Gasteiger partial charge in [-0.3, -0.25) is 9.80 Å². The molecule has 0 bridgehead atoms. The van der Waals surface area contributed by atoms with Crippen LogP contribution in [0.3, 0.4) is 0 Å². The van der Waals surface area contributed by atoms with E-state index in [1.807, 2.05) is 14.1 Å². The van der Waals surface area contributed by atoms with Crippen molar-refractivity contribution in [2.75, 3.05) is 50.9 Å². The van der Waals surface area contributed by atoms with Crippen molar-refractivity contribution in [1.29, 1.82) is 0 Å². The lowest BCUT2D eigenvalue weighted by Gasteiger charge is -2.29. The van der Waals surface area contributed by atoms with Gasteiger partial charge in [-0.25, -0.2) is 19.7 Å². The van der Waals surface area contributed by atoms with Gasteiger partial charge in [0.05, 0.1) is 0 Å². The summed E-state index contributed by atoms with van der Waals surface area (Å²) in [6.45, 7) is 2.75. The van der Waals surface area contributed by atoms with E-state index < -0.39 is 18.2 Å². The van der Waals surface area contributed by atoms with Gasteiger partial charge < -0.3 is 20.8 Å². The highest BCUT2D eigenvalue weighted by Gasteiger charge is 2.21. The maximum atomic E-state index is 11.8. The lowest BCUT2D eigenvalue weighted by molar-refractivity contribution is -0.138. The molecule has 3 heterocycles. The molecule has 0 saturated carbocycles. The summed E-state index contributed by atoms with van der Waals surface area (Å²) in [6.07, 6.45) is 7.76. The van der Waals surface area contributed by atoms with Gasteiger partial charge in [0, 0.05) is 31.5 Å². The third-order valence-corrected chi connectivity index (χ3v) is 6.06. The van der Waals surface area contributed by atoms with Crippen LogP contribution in [0.2, 0.25) is 0 Å². The van der Waals surface area contributed by atoms with Crippen molar-refractivity contribution in [2.24, 2.45) is 0 Å². The number of nitrogens with zero attached hydrogens (tertiary/aromatic N) is 5. The molecule has 1 aliphatic heterocycles. The van der Waals surface area contributed by atoms with E-state index in [-0.39, 0.29) is 0 Å². The highest BCUT2D eigenvalue weighted by atomic mass is 16.4. The van der Waals surface area contributed by atoms with Crippen LogP contribution in [0.1, 0.15) is 36.9 Å². The van der Waals surface area contributed by atoms with Gasteiger partial charge in [-0.15, -0.1) is 0 Å². The number of aliphatic hydroxyl groups excluding tert-OH is 1. The number of aryl methyl sites for hydroxylation is 2. The fourth-order valence-electron chi connectivity index (χ4n) is 3.96. The fraction of sp³-hybridized carbons (Fsp3) is 0.583. The third-order valence-electron chi connectivity index (χ3n) is 6.06. The van der Waals surface area contributed by atoms with E-state index in [1.165, 1.54) is 11.9 Å². The predicted molar refractivity (Wildman–Crippen MR) is 132 cm³/mol. The van der Waals surface area contributed by atoms with Gasteiger partial charge in [0.25, 0.3) is 0 Å². The van der Waals surface area contributed by atoms with Crippen LogP contribution in [-0.4, -0.2) is 93.5 Å². The number of aliphatic carboxylic acids is 1. The molecule has 2 aromatic rings. The van der Waals surface area contributed by atoms with Gasteiger partial charge in [-0.05, 0) is 76.9 Å². The number of hydrogen-bond acceptors (Lipinski definition) is 9. The van der Waals surface area contributed by atoms with Gasteiger partial charge >= 0.3 is 5.97 Å². The third kappa shape index (κ3) is 8.19.